The minimum atomic E-state index is 0.152. The number of rotatable bonds is 9. The Balaban J connectivity index is 1.46. The fraction of sp³-hybridized carbons (Fsp3) is 0.619. The van der Waals surface area contributed by atoms with Gasteiger partial charge in [-0.05, 0) is 44.7 Å². The number of carbonyl (C=O) groups excluding carboxylic acids is 1. The first-order valence-corrected chi connectivity index (χ1v) is 10.4. The van der Waals surface area contributed by atoms with Gasteiger partial charge in [0.1, 0.15) is 5.75 Å². The number of aliphatic imine (C=N–C) groups is 1. The van der Waals surface area contributed by atoms with Gasteiger partial charge >= 0.3 is 0 Å². The monoisotopic (exact) mass is 387 g/mol. The number of hydrogen-bond donors (Lipinski definition) is 3. The number of methoxy groups -OCH3 is 1. The molecule has 1 unspecified atom stereocenters. The first kappa shape index (κ1) is 20.3. The highest BCUT2D eigenvalue weighted by molar-refractivity contribution is 5.80. The quantitative estimate of drug-likeness (QED) is 0.343. The largest absolute Gasteiger partial charge is 0.495 e. The van der Waals surface area contributed by atoms with Gasteiger partial charge < -0.3 is 25.6 Å². The summed E-state index contributed by atoms with van der Waals surface area (Å²) >= 11 is 0. The van der Waals surface area contributed by atoms with Gasteiger partial charge in [-0.25, -0.2) is 0 Å². The number of nitrogens with zero attached hydrogens (tertiary/aromatic N) is 2. The molecule has 7 nitrogen and oxygen atoms in total. The van der Waals surface area contributed by atoms with Gasteiger partial charge in [0.05, 0.1) is 12.8 Å². The van der Waals surface area contributed by atoms with Crippen molar-refractivity contribution in [2.24, 2.45) is 4.99 Å². The smallest absolute Gasteiger partial charge is 0.220 e. The average Bonchev–Trinajstić information content (AvgIpc) is 3.40. The summed E-state index contributed by atoms with van der Waals surface area (Å²) in [5.74, 6) is 1.89. The maximum Gasteiger partial charge on any atom is 0.220 e. The van der Waals surface area contributed by atoms with Gasteiger partial charge in [-0.3, -0.25) is 9.79 Å². The lowest BCUT2D eigenvalue weighted by molar-refractivity contribution is -0.121. The van der Waals surface area contributed by atoms with Crippen molar-refractivity contribution >= 4 is 17.6 Å². The Hall–Kier alpha value is -2.44. The van der Waals surface area contributed by atoms with Crippen molar-refractivity contribution in [2.45, 2.75) is 51.1 Å². The molecule has 1 aromatic rings. The van der Waals surface area contributed by atoms with Gasteiger partial charge in [0.25, 0.3) is 0 Å². The second kappa shape index (κ2) is 10.2. The molecule has 2 aliphatic rings. The van der Waals surface area contributed by atoms with Gasteiger partial charge in [0.15, 0.2) is 5.96 Å². The Kier molecular flexibility index (Phi) is 7.39. The van der Waals surface area contributed by atoms with E-state index in [-0.39, 0.29) is 5.91 Å². The number of ether oxygens (including phenoxy) is 1. The predicted molar refractivity (Wildman–Crippen MR) is 113 cm³/mol. The summed E-state index contributed by atoms with van der Waals surface area (Å²) in [5, 5.41) is 9.87. The van der Waals surface area contributed by atoms with E-state index in [0.29, 0.717) is 25.0 Å². The molecule has 28 heavy (non-hydrogen) atoms. The molecule has 0 bridgehead atoms. The van der Waals surface area contributed by atoms with Crippen molar-refractivity contribution in [3.63, 3.8) is 0 Å². The van der Waals surface area contributed by atoms with E-state index in [0.717, 1.165) is 62.7 Å². The van der Waals surface area contributed by atoms with E-state index in [1.165, 1.54) is 0 Å². The molecular formula is C21H33N5O2. The van der Waals surface area contributed by atoms with Crippen LogP contribution in [0.1, 0.15) is 39.0 Å². The Morgan fingerprint density at radius 3 is 2.79 bits per heavy atom. The van der Waals surface area contributed by atoms with Crippen LogP contribution < -0.4 is 25.6 Å². The summed E-state index contributed by atoms with van der Waals surface area (Å²) in [6, 6.07) is 8.91. The third-order valence-corrected chi connectivity index (χ3v) is 5.07. The molecule has 0 spiro atoms. The fourth-order valence-electron chi connectivity index (χ4n) is 3.46. The minimum Gasteiger partial charge on any atom is -0.495 e. The third kappa shape index (κ3) is 6.04. The average molecular weight is 388 g/mol. The lowest BCUT2D eigenvalue weighted by Gasteiger charge is -2.22. The summed E-state index contributed by atoms with van der Waals surface area (Å²) < 4.78 is 5.49. The van der Waals surface area contributed by atoms with E-state index < -0.39 is 0 Å². The Bertz CT molecular complexity index is 675. The van der Waals surface area contributed by atoms with Crippen LogP contribution in [-0.4, -0.2) is 57.2 Å². The topological polar surface area (TPSA) is 78.0 Å². The molecular weight excluding hydrogens is 354 g/mol. The molecule has 0 aromatic heterocycles. The molecule has 1 heterocycles. The standard InChI is InChI=1S/C21H33N5O2/c1-3-22-21(23-13-6-9-20(27)24-16-10-11-16)25-17-12-14-26(15-17)18-7-4-5-8-19(18)28-2/h4-5,7-8,16-17H,3,6,9-15H2,1-2H3,(H,24,27)(H2,22,23,25). The van der Waals surface area contributed by atoms with Crippen molar-refractivity contribution < 1.29 is 9.53 Å². The van der Waals surface area contributed by atoms with E-state index in [9.17, 15) is 4.79 Å². The second-order valence-electron chi connectivity index (χ2n) is 7.45. The van der Waals surface area contributed by atoms with E-state index in [1.54, 1.807) is 7.11 Å². The van der Waals surface area contributed by atoms with Crippen LogP contribution in [-0.2, 0) is 4.79 Å². The van der Waals surface area contributed by atoms with E-state index in [1.807, 2.05) is 18.2 Å². The van der Waals surface area contributed by atoms with E-state index in [2.05, 4.69) is 38.8 Å². The first-order valence-electron chi connectivity index (χ1n) is 10.4. The number of amides is 1. The zero-order chi connectivity index (χ0) is 19.8. The predicted octanol–water partition coefficient (Wildman–Crippen LogP) is 1.89. The zero-order valence-corrected chi connectivity index (χ0v) is 17.0. The van der Waals surface area contributed by atoms with Crippen LogP contribution in [0.4, 0.5) is 5.69 Å². The van der Waals surface area contributed by atoms with Crippen LogP contribution in [0.3, 0.4) is 0 Å². The van der Waals surface area contributed by atoms with Crippen molar-refractivity contribution in [1.29, 1.82) is 0 Å². The molecule has 1 aromatic carbocycles. The highest BCUT2D eigenvalue weighted by Gasteiger charge is 2.25. The van der Waals surface area contributed by atoms with Crippen LogP contribution in [0.5, 0.6) is 5.75 Å². The normalized spacial score (nSPS) is 19.4. The van der Waals surface area contributed by atoms with Gasteiger partial charge in [-0.15, -0.1) is 0 Å². The van der Waals surface area contributed by atoms with Gasteiger partial charge in [0, 0.05) is 44.7 Å². The lowest BCUT2D eigenvalue weighted by Crippen LogP contribution is -2.44. The maximum atomic E-state index is 11.8. The van der Waals surface area contributed by atoms with E-state index in [4.69, 9.17) is 4.74 Å². The summed E-state index contributed by atoms with van der Waals surface area (Å²) in [5.41, 5.74) is 1.14. The molecule has 2 fully saturated rings. The Labute approximate surface area is 167 Å². The molecule has 3 N–H and O–H groups in total. The number of guanidine groups is 1. The van der Waals surface area contributed by atoms with Crippen LogP contribution in [0.25, 0.3) is 0 Å². The molecule has 1 saturated carbocycles. The van der Waals surface area contributed by atoms with Crippen molar-refractivity contribution in [3.8, 4) is 5.75 Å². The van der Waals surface area contributed by atoms with Gasteiger partial charge in [-0.2, -0.15) is 0 Å². The Morgan fingerprint density at radius 1 is 1.21 bits per heavy atom. The molecule has 1 aliphatic carbocycles. The molecule has 3 rings (SSSR count). The Morgan fingerprint density at radius 2 is 2.04 bits per heavy atom. The summed E-state index contributed by atoms with van der Waals surface area (Å²) in [6.07, 6.45) is 4.63. The summed E-state index contributed by atoms with van der Waals surface area (Å²) in [4.78, 5) is 18.8. The summed E-state index contributed by atoms with van der Waals surface area (Å²) in [6.45, 7) is 5.43. The second-order valence-corrected chi connectivity index (χ2v) is 7.45. The number of hydrogen-bond acceptors (Lipinski definition) is 4. The first-order chi connectivity index (χ1) is 13.7. The van der Waals surface area contributed by atoms with Crippen molar-refractivity contribution in [2.75, 3.05) is 38.2 Å². The highest BCUT2D eigenvalue weighted by atomic mass is 16.5. The maximum absolute atomic E-state index is 11.8. The number of anilines is 1. The van der Waals surface area contributed by atoms with Crippen LogP contribution in [0.2, 0.25) is 0 Å². The van der Waals surface area contributed by atoms with Crippen LogP contribution >= 0.6 is 0 Å². The van der Waals surface area contributed by atoms with E-state index >= 15 is 0 Å². The minimum absolute atomic E-state index is 0.152. The van der Waals surface area contributed by atoms with Crippen LogP contribution in [0, 0.1) is 0 Å². The molecule has 0 radical (unpaired) electrons. The molecule has 154 valence electrons. The summed E-state index contributed by atoms with van der Waals surface area (Å²) in [7, 11) is 1.71. The molecule has 1 amide bonds. The number of carbonyl (C=O) groups is 1. The van der Waals surface area contributed by atoms with Crippen molar-refractivity contribution in [3.05, 3.63) is 24.3 Å². The SMILES string of the molecule is CCNC(=NCCCC(=O)NC1CC1)NC1CCN(c2ccccc2OC)C1. The third-order valence-electron chi connectivity index (χ3n) is 5.07. The lowest BCUT2D eigenvalue weighted by atomic mass is 10.2. The zero-order valence-electron chi connectivity index (χ0n) is 17.0. The van der Waals surface area contributed by atoms with Gasteiger partial charge in [0.2, 0.25) is 5.91 Å². The number of nitrogens with one attached hydrogen (secondary N) is 3. The van der Waals surface area contributed by atoms with Gasteiger partial charge in [-0.1, -0.05) is 12.1 Å². The molecule has 7 heteroatoms. The number of para-hydroxylation sites is 2. The molecule has 1 aliphatic heterocycles. The number of benzene rings is 1. The molecule has 1 saturated heterocycles. The molecule has 1 atom stereocenters. The van der Waals surface area contributed by atoms with Crippen LogP contribution in [0.15, 0.2) is 29.3 Å². The van der Waals surface area contributed by atoms with Crippen molar-refractivity contribution in [1.82, 2.24) is 16.0 Å². The fourth-order valence-corrected chi connectivity index (χ4v) is 3.46. The highest BCUT2D eigenvalue weighted by Crippen LogP contribution is 2.30.